The maximum Gasteiger partial charge on any atom is 0.246 e. The van der Waals surface area contributed by atoms with Crippen LogP contribution in [0, 0.1) is 0 Å². The van der Waals surface area contributed by atoms with Crippen LogP contribution in [-0.4, -0.2) is 36.4 Å². The van der Waals surface area contributed by atoms with Gasteiger partial charge in [-0.1, -0.05) is 24.8 Å². The van der Waals surface area contributed by atoms with Crippen LogP contribution in [0.5, 0.6) is 5.75 Å². The monoisotopic (exact) mass is 288 g/mol. The Morgan fingerprint density at radius 1 is 1.48 bits per heavy atom. The van der Waals surface area contributed by atoms with E-state index in [4.69, 9.17) is 4.74 Å². The Balaban J connectivity index is 1.91. The number of nitrogens with one attached hydrogen (secondary N) is 1. The van der Waals surface area contributed by atoms with Gasteiger partial charge in [0.2, 0.25) is 11.8 Å². The van der Waals surface area contributed by atoms with Gasteiger partial charge in [0.05, 0.1) is 13.2 Å². The third-order valence-electron chi connectivity index (χ3n) is 3.47. The van der Waals surface area contributed by atoms with Crippen LogP contribution in [0.2, 0.25) is 0 Å². The molecule has 0 spiro atoms. The van der Waals surface area contributed by atoms with E-state index in [0.717, 1.165) is 17.7 Å². The first kappa shape index (κ1) is 15.1. The van der Waals surface area contributed by atoms with E-state index in [1.165, 1.54) is 16.5 Å². The summed E-state index contributed by atoms with van der Waals surface area (Å²) in [5.41, 5.74) is 2.15. The van der Waals surface area contributed by atoms with Crippen LogP contribution in [-0.2, 0) is 22.6 Å². The smallest absolute Gasteiger partial charge is 0.246 e. The third-order valence-corrected chi connectivity index (χ3v) is 3.47. The molecule has 0 fully saturated rings. The molecule has 0 atom stereocenters. The molecule has 5 nitrogen and oxygen atoms in total. The lowest BCUT2D eigenvalue weighted by Gasteiger charge is -2.18. The van der Waals surface area contributed by atoms with Crippen molar-refractivity contribution in [3.63, 3.8) is 0 Å². The van der Waals surface area contributed by atoms with Crippen molar-refractivity contribution in [1.82, 2.24) is 10.2 Å². The highest BCUT2D eigenvalue weighted by atomic mass is 16.5. The number of nitrogens with zero attached hydrogens (tertiary/aromatic N) is 1. The number of hydrogen-bond acceptors (Lipinski definition) is 3. The molecule has 0 aliphatic carbocycles. The SMILES string of the molecule is C=CC(=O)N(CC)CC(=O)NCc1cccc2c1OCC2. The minimum Gasteiger partial charge on any atom is -0.493 e. The lowest BCUT2D eigenvalue weighted by Crippen LogP contribution is -2.39. The van der Waals surface area contributed by atoms with E-state index in [-0.39, 0.29) is 18.4 Å². The lowest BCUT2D eigenvalue weighted by molar-refractivity contribution is -0.132. The second kappa shape index (κ2) is 6.92. The average molecular weight is 288 g/mol. The Kier molecular flexibility index (Phi) is 4.98. The predicted molar refractivity (Wildman–Crippen MR) is 79.9 cm³/mol. The highest BCUT2D eigenvalue weighted by Gasteiger charge is 2.17. The van der Waals surface area contributed by atoms with Crippen LogP contribution in [0.4, 0.5) is 0 Å². The number of ether oxygens (including phenoxy) is 1. The van der Waals surface area contributed by atoms with E-state index in [0.29, 0.717) is 19.7 Å². The molecule has 1 aromatic carbocycles. The van der Waals surface area contributed by atoms with E-state index < -0.39 is 0 Å². The number of amides is 2. The number of benzene rings is 1. The number of fused-ring (bicyclic) bond motifs is 1. The number of para-hydroxylation sites is 1. The van der Waals surface area contributed by atoms with Crippen molar-refractivity contribution in [3.05, 3.63) is 42.0 Å². The maximum absolute atomic E-state index is 11.9. The Bertz CT molecular complexity index is 554. The Morgan fingerprint density at radius 3 is 3.00 bits per heavy atom. The van der Waals surface area contributed by atoms with Crippen molar-refractivity contribution in [3.8, 4) is 5.75 Å². The molecule has 1 aliphatic heterocycles. The minimum atomic E-state index is -0.239. The zero-order valence-electron chi connectivity index (χ0n) is 12.2. The van der Waals surface area contributed by atoms with Gasteiger partial charge < -0.3 is 15.0 Å². The van der Waals surface area contributed by atoms with Crippen molar-refractivity contribution >= 4 is 11.8 Å². The van der Waals surface area contributed by atoms with Gasteiger partial charge >= 0.3 is 0 Å². The molecule has 112 valence electrons. The number of carbonyl (C=O) groups is 2. The van der Waals surface area contributed by atoms with Gasteiger partial charge in [-0.25, -0.2) is 0 Å². The highest BCUT2D eigenvalue weighted by molar-refractivity contribution is 5.90. The van der Waals surface area contributed by atoms with E-state index >= 15 is 0 Å². The largest absolute Gasteiger partial charge is 0.493 e. The summed E-state index contributed by atoms with van der Waals surface area (Å²) in [5, 5.41) is 2.83. The highest BCUT2D eigenvalue weighted by Crippen LogP contribution is 2.29. The summed E-state index contributed by atoms with van der Waals surface area (Å²) in [7, 11) is 0. The van der Waals surface area contributed by atoms with Crippen molar-refractivity contribution in [2.24, 2.45) is 0 Å². The van der Waals surface area contributed by atoms with Crippen LogP contribution >= 0.6 is 0 Å². The number of carbonyl (C=O) groups excluding carboxylic acids is 2. The first-order chi connectivity index (χ1) is 10.2. The van der Waals surface area contributed by atoms with Gasteiger partial charge in [-0.05, 0) is 18.6 Å². The molecule has 1 heterocycles. The van der Waals surface area contributed by atoms with Gasteiger partial charge in [-0.15, -0.1) is 0 Å². The number of rotatable bonds is 6. The molecule has 1 aromatic rings. The summed E-state index contributed by atoms with van der Waals surface area (Å²) < 4.78 is 5.59. The molecule has 0 saturated carbocycles. The molecule has 1 aliphatic rings. The summed E-state index contributed by atoms with van der Waals surface area (Å²) in [5.74, 6) is 0.451. The van der Waals surface area contributed by atoms with Gasteiger partial charge in [0, 0.05) is 25.1 Å². The molecule has 0 unspecified atom stereocenters. The van der Waals surface area contributed by atoms with E-state index in [2.05, 4.69) is 11.9 Å². The van der Waals surface area contributed by atoms with E-state index in [9.17, 15) is 9.59 Å². The van der Waals surface area contributed by atoms with Crippen molar-refractivity contribution < 1.29 is 14.3 Å². The Labute approximate surface area is 124 Å². The van der Waals surface area contributed by atoms with Crippen molar-refractivity contribution in [1.29, 1.82) is 0 Å². The molecule has 5 heteroatoms. The van der Waals surface area contributed by atoms with Crippen LogP contribution in [0.3, 0.4) is 0 Å². The number of likely N-dealkylation sites (N-methyl/N-ethyl adjacent to an activating group) is 1. The maximum atomic E-state index is 11.9. The summed E-state index contributed by atoms with van der Waals surface area (Å²) in [6.45, 7) is 6.87. The molecule has 0 aromatic heterocycles. The van der Waals surface area contributed by atoms with Crippen LogP contribution in [0.1, 0.15) is 18.1 Å². The molecule has 21 heavy (non-hydrogen) atoms. The van der Waals surface area contributed by atoms with Gasteiger partial charge in [-0.2, -0.15) is 0 Å². The molecule has 1 N–H and O–H groups in total. The van der Waals surface area contributed by atoms with Crippen molar-refractivity contribution in [2.75, 3.05) is 19.7 Å². The van der Waals surface area contributed by atoms with Gasteiger partial charge in [0.25, 0.3) is 0 Å². The van der Waals surface area contributed by atoms with Gasteiger partial charge in [0.15, 0.2) is 0 Å². The lowest BCUT2D eigenvalue weighted by atomic mass is 10.1. The fraction of sp³-hybridized carbons (Fsp3) is 0.375. The van der Waals surface area contributed by atoms with E-state index in [1.807, 2.05) is 25.1 Å². The van der Waals surface area contributed by atoms with Gasteiger partial charge in [-0.3, -0.25) is 9.59 Å². The first-order valence-electron chi connectivity index (χ1n) is 7.07. The summed E-state index contributed by atoms with van der Waals surface area (Å²) in [6.07, 6.45) is 2.13. The van der Waals surface area contributed by atoms with Crippen molar-refractivity contribution in [2.45, 2.75) is 19.9 Å². The predicted octanol–water partition coefficient (Wildman–Crippen LogP) is 1.27. The average Bonchev–Trinajstić information content (AvgIpc) is 2.98. The molecule has 2 rings (SSSR count). The Morgan fingerprint density at radius 2 is 2.29 bits per heavy atom. The fourth-order valence-corrected chi connectivity index (χ4v) is 2.32. The molecule has 0 saturated heterocycles. The molecule has 0 bridgehead atoms. The molecule has 0 radical (unpaired) electrons. The molecular formula is C16H20N2O3. The number of hydrogen-bond donors (Lipinski definition) is 1. The topological polar surface area (TPSA) is 58.6 Å². The summed E-state index contributed by atoms with van der Waals surface area (Å²) in [4.78, 5) is 24.9. The second-order valence-corrected chi connectivity index (χ2v) is 4.84. The Hall–Kier alpha value is -2.30. The first-order valence-corrected chi connectivity index (χ1v) is 7.07. The summed E-state index contributed by atoms with van der Waals surface area (Å²) >= 11 is 0. The summed E-state index contributed by atoms with van der Waals surface area (Å²) in [6, 6.07) is 5.95. The second-order valence-electron chi connectivity index (χ2n) is 4.84. The third kappa shape index (κ3) is 3.62. The molecule has 2 amide bonds. The van der Waals surface area contributed by atoms with E-state index in [1.54, 1.807) is 0 Å². The van der Waals surface area contributed by atoms with Gasteiger partial charge in [0.1, 0.15) is 5.75 Å². The normalized spacial score (nSPS) is 12.2. The van der Waals surface area contributed by atoms with Crippen LogP contribution in [0.15, 0.2) is 30.9 Å². The van der Waals surface area contributed by atoms with Crippen LogP contribution < -0.4 is 10.1 Å². The van der Waals surface area contributed by atoms with Crippen LogP contribution in [0.25, 0.3) is 0 Å². The fourth-order valence-electron chi connectivity index (χ4n) is 2.32. The zero-order valence-corrected chi connectivity index (χ0v) is 12.2. The minimum absolute atomic E-state index is 0.0389. The standard InChI is InChI=1S/C16H20N2O3/c1-3-15(20)18(4-2)11-14(19)17-10-13-7-5-6-12-8-9-21-16(12)13/h3,5-7H,1,4,8-11H2,2H3,(H,17,19). The zero-order chi connectivity index (χ0) is 15.2. The quantitative estimate of drug-likeness (QED) is 0.802. The molecular weight excluding hydrogens is 268 g/mol.